The summed E-state index contributed by atoms with van der Waals surface area (Å²) in [4.78, 5) is 71.2. The highest BCUT2D eigenvalue weighted by Gasteiger charge is 2.18. The number of amides is 2. The molecule has 0 unspecified atom stereocenters. The van der Waals surface area contributed by atoms with Crippen LogP contribution < -0.4 is 16.0 Å². The van der Waals surface area contributed by atoms with E-state index >= 15 is 0 Å². The van der Waals surface area contributed by atoms with Gasteiger partial charge in [-0.2, -0.15) is 0 Å². The first-order valence-electron chi connectivity index (χ1n) is 16.9. The third kappa shape index (κ3) is 35.7. The minimum atomic E-state index is -0.913. The lowest BCUT2D eigenvalue weighted by Gasteiger charge is -2.33. The van der Waals surface area contributed by atoms with Crippen LogP contribution in [-0.2, 0) is 28.8 Å². The molecule has 0 aromatic rings. The van der Waals surface area contributed by atoms with Gasteiger partial charge in [0, 0.05) is 78.5 Å². The Balaban J connectivity index is -0.000000977. The van der Waals surface area contributed by atoms with E-state index in [9.17, 15) is 29.4 Å². The lowest BCUT2D eigenvalue weighted by molar-refractivity contribution is -0.140. The minimum absolute atomic E-state index is 0.0250. The van der Waals surface area contributed by atoms with Crippen LogP contribution in [0.4, 0.5) is 0 Å². The molecule has 1 aliphatic heterocycles. The highest BCUT2D eigenvalue weighted by Crippen LogP contribution is 2.02. The molecule has 1 rings (SSSR count). The smallest absolute Gasteiger partial charge is 0.317 e. The predicted molar refractivity (Wildman–Crippen MR) is 188 cm³/mol. The number of carbonyl (C=O) groups excluding carboxylic acids is 3. The number of aliphatic carboxylic acids is 2. The fourth-order valence-electron chi connectivity index (χ4n) is 4.26. The van der Waals surface area contributed by atoms with Crippen LogP contribution in [0.1, 0.15) is 67.7 Å². The first-order chi connectivity index (χ1) is 23.0. The molecular weight excluding hydrogens is 626 g/mol. The molecule has 1 saturated heterocycles. The summed E-state index contributed by atoms with van der Waals surface area (Å²) in [7, 11) is 0. The molecule has 0 aromatic carbocycles. The van der Waals surface area contributed by atoms with Gasteiger partial charge < -0.3 is 41.0 Å². The van der Waals surface area contributed by atoms with Crippen molar-refractivity contribution >= 4 is 37.0 Å². The second-order valence-corrected chi connectivity index (χ2v) is 10.6. The molecule has 2 amide bonds. The van der Waals surface area contributed by atoms with Crippen LogP contribution in [0, 0.1) is 5.92 Å². The Hall–Kier alpha value is -3.18. The normalized spacial score (nSPS) is 14.7. The van der Waals surface area contributed by atoms with Gasteiger partial charge in [-0.05, 0) is 25.3 Å². The van der Waals surface area contributed by atoms with E-state index in [-0.39, 0.29) is 44.3 Å². The van der Waals surface area contributed by atoms with E-state index in [0.29, 0.717) is 58.4 Å². The molecule has 0 radical (unpaired) electrons. The molecule has 1 aliphatic rings. The quantitative estimate of drug-likeness (QED) is 0.0964. The summed E-state index contributed by atoms with van der Waals surface area (Å²) >= 11 is 0. The average Bonchev–Trinajstić information content (AvgIpc) is 3.06. The van der Waals surface area contributed by atoms with Crippen molar-refractivity contribution in [2.24, 2.45) is 5.92 Å². The molecule has 0 spiro atoms. The summed E-state index contributed by atoms with van der Waals surface area (Å²) in [6.07, 6.45) is 2.22. The van der Waals surface area contributed by atoms with Crippen molar-refractivity contribution in [3.05, 3.63) is 0 Å². The number of carboxylic acids is 2. The molecule has 0 saturated carbocycles. The van der Waals surface area contributed by atoms with Gasteiger partial charge in [0.2, 0.25) is 11.8 Å². The maximum Gasteiger partial charge on any atom is 0.317 e. The highest BCUT2D eigenvalue weighted by molar-refractivity contribution is 5.84. The zero-order valence-corrected chi connectivity index (χ0v) is 30.7. The fraction of sp³-hybridized carbons (Fsp3) is 0.812. The van der Waals surface area contributed by atoms with E-state index in [4.69, 9.17) is 14.7 Å². The highest BCUT2D eigenvalue weighted by atomic mass is 16.4. The Bertz CT molecular complexity index is 808. The minimum Gasteiger partial charge on any atom is -0.483 e. The summed E-state index contributed by atoms with van der Waals surface area (Å²) in [6.45, 7) is 23.4. The van der Waals surface area contributed by atoms with Crippen LogP contribution in [0.15, 0.2) is 0 Å². The van der Waals surface area contributed by atoms with Gasteiger partial charge in [-0.3, -0.25) is 38.7 Å². The summed E-state index contributed by atoms with van der Waals surface area (Å²) < 4.78 is 0. The SMILES string of the molecule is C=O.CC.CC.CCN1CCN(CNCCC(=O)NCC(=O)NCCCC(C)C)CCN(CC(=O)O)CCN(CC(=O)O)CC1.O=CO. The lowest BCUT2D eigenvalue weighted by Crippen LogP contribution is -2.49. The van der Waals surface area contributed by atoms with Gasteiger partial charge in [0.25, 0.3) is 6.47 Å². The summed E-state index contributed by atoms with van der Waals surface area (Å²) in [6, 6.07) is 0. The van der Waals surface area contributed by atoms with E-state index in [1.165, 1.54) is 0 Å². The van der Waals surface area contributed by atoms with E-state index in [1.807, 2.05) is 44.3 Å². The summed E-state index contributed by atoms with van der Waals surface area (Å²) in [5.41, 5.74) is 0. The molecular formula is C32H67N7O9. The molecule has 6 N–H and O–H groups in total. The number of nitrogens with one attached hydrogen (secondary N) is 3. The van der Waals surface area contributed by atoms with Gasteiger partial charge >= 0.3 is 11.9 Å². The standard InChI is InChI=1S/C26H51N7O6.2C2H6.CH2O2.CH2O/c1-4-30-10-12-31(19-25(36)37)13-14-32(20-26(38)39)15-17-33(16-11-30)21-27-9-7-23(34)29-18-24(35)28-8-5-6-22(2)3;2*1-2;2-1-3;1-2/h22,27H,4-21H2,1-3H3,(H,28,35)(H,29,34)(H,36,37)(H,38,39);2*1-2H3;1H,(H,2,3);1H2. The van der Waals surface area contributed by atoms with Crippen LogP contribution in [0.2, 0.25) is 0 Å². The molecule has 284 valence electrons. The fourth-order valence-corrected chi connectivity index (χ4v) is 4.26. The van der Waals surface area contributed by atoms with Gasteiger partial charge in [-0.1, -0.05) is 48.5 Å². The predicted octanol–water partition coefficient (Wildman–Crippen LogP) is 0.571. The first-order valence-corrected chi connectivity index (χ1v) is 16.9. The summed E-state index contributed by atoms with van der Waals surface area (Å²) in [5, 5.41) is 34.2. The number of carbonyl (C=O) groups is 6. The molecule has 48 heavy (non-hydrogen) atoms. The Morgan fingerprint density at radius 3 is 1.54 bits per heavy atom. The zero-order valence-electron chi connectivity index (χ0n) is 30.7. The Kier molecular flexibility index (Phi) is 41.2. The molecule has 0 aliphatic carbocycles. The van der Waals surface area contributed by atoms with Gasteiger partial charge in [-0.15, -0.1) is 0 Å². The second-order valence-electron chi connectivity index (χ2n) is 10.6. The zero-order chi connectivity index (χ0) is 37.8. The van der Waals surface area contributed by atoms with Gasteiger partial charge in [-0.25, -0.2) is 0 Å². The number of likely N-dealkylation sites (N-methyl/N-ethyl adjacent to an activating group) is 1. The Morgan fingerprint density at radius 2 is 1.15 bits per heavy atom. The van der Waals surface area contributed by atoms with Crippen LogP contribution in [0.3, 0.4) is 0 Å². The van der Waals surface area contributed by atoms with Gasteiger partial charge in [0.05, 0.1) is 19.6 Å². The third-order valence-electron chi connectivity index (χ3n) is 6.69. The number of rotatable bonds is 16. The van der Waals surface area contributed by atoms with Crippen LogP contribution in [0.5, 0.6) is 0 Å². The van der Waals surface area contributed by atoms with E-state index in [1.54, 1.807) is 0 Å². The van der Waals surface area contributed by atoms with Gasteiger partial charge in [0.15, 0.2) is 0 Å². The van der Waals surface area contributed by atoms with Crippen molar-refractivity contribution in [1.29, 1.82) is 0 Å². The van der Waals surface area contributed by atoms with Crippen molar-refractivity contribution in [2.75, 3.05) is 98.3 Å². The van der Waals surface area contributed by atoms with Gasteiger partial charge in [0.1, 0.15) is 6.79 Å². The second kappa shape index (κ2) is 38.3. The van der Waals surface area contributed by atoms with E-state index in [0.717, 1.165) is 39.0 Å². The largest absolute Gasteiger partial charge is 0.483 e. The molecule has 0 aromatic heterocycles. The van der Waals surface area contributed by atoms with Crippen molar-refractivity contribution in [1.82, 2.24) is 35.6 Å². The van der Waals surface area contributed by atoms with Crippen molar-refractivity contribution in [3.8, 4) is 0 Å². The lowest BCUT2D eigenvalue weighted by atomic mass is 10.1. The monoisotopic (exact) mass is 694 g/mol. The van der Waals surface area contributed by atoms with Crippen molar-refractivity contribution in [2.45, 2.75) is 67.7 Å². The average molecular weight is 694 g/mol. The molecule has 0 atom stereocenters. The Morgan fingerprint density at radius 1 is 0.729 bits per heavy atom. The topological polar surface area (TPSA) is 212 Å². The van der Waals surface area contributed by atoms with Crippen LogP contribution in [0.25, 0.3) is 0 Å². The van der Waals surface area contributed by atoms with E-state index < -0.39 is 11.9 Å². The van der Waals surface area contributed by atoms with Crippen LogP contribution in [-0.4, -0.2) is 170 Å². The Labute approximate surface area is 288 Å². The van der Waals surface area contributed by atoms with Crippen LogP contribution >= 0.6 is 0 Å². The maximum atomic E-state index is 12.1. The molecule has 16 heteroatoms. The van der Waals surface area contributed by atoms with Crippen molar-refractivity contribution in [3.63, 3.8) is 0 Å². The number of carboxylic acid groups (broad SMARTS) is 3. The molecule has 1 heterocycles. The molecule has 0 bridgehead atoms. The first kappa shape index (κ1) is 51.7. The van der Waals surface area contributed by atoms with Crippen molar-refractivity contribution < 1.29 is 44.1 Å². The molecule has 16 nitrogen and oxygen atoms in total. The van der Waals surface area contributed by atoms with E-state index in [2.05, 4.69) is 46.5 Å². The number of hydrogen-bond acceptors (Lipinski definition) is 11. The summed E-state index contributed by atoms with van der Waals surface area (Å²) in [5.74, 6) is -1.58. The maximum absolute atomic E-state index is 12.1. The third-order valence-corrected chi connectivity index (χ3v) is 6.69. The number of hydrogen-bond donors (Lipinski definition) is 6. The molecule has 1 fully saturated rings. The number of nitrogens with zero attached hydrogens (tertiary/aromatic N) is 4.